The molecule has 29 heavy (non-hydrogen) atoms. The summed E-state index contributed by atoms with van der Waals surface area (Å²) >= 11 is 0. The van der Waals surface area contributed by atoms with Crippen LogP contribution >= 0.6 is 0 Å². The zero-order valence-corrected chi connectivity index (χ0v) is 18.6. The van der Waals surface area contributed by atoms with Gasteiger partial charge in [0.1, 0.15) is 11.4 Å². The number of aryl methyl sites for hydroxylation is 2. The summed E-state index contributed by atoms with van der Waals surface area (Å²) in [5.74, 6) is 1.92. The normalized spacial score (nSPS) is 20.2. The fourth-order valence-corrected chi connectivity index (χ4v) is 3.50. The van der Waals surface area contributed by atoms with Gasteiger partial charge in [-0.05, 0) is 66.2 Å². The summed E-state index contributed by atoms with van der Waals surface area (Å²) in [6.07, 6.45) is 9.61. The van der Waals surface area contributed by atoms with Gasteiger partial charge in [-0.2, -0.15) is 0 Å². The quantitative estimate of drug-likeness (QED) is 0.368. The molecule has 8 heteroatoms. The van der Waals surface area contributed by atoms with E-state index in [4.69, 9.17) is 4.74 Å². The molecule has 0 bridgehead atoms. The molecule has 1 fully saturated rings. The van der Waals surface area contributed by atoms with Crippen molar-refractivity contribution >= 4 is 12.1 Å². The van der Waals surface area contributed by atoms with Gasteiger partial charge >= 0.3 is 6.09 Å². The van der Waals surface area contributed by atoms with Gasteiger partial charge in [-0.15, -0.1) is 0 Å². The van der Waals surface area contributed by atoms with Crippen LogP contribution in [0.3, 0.4) is 0 Å². The number of imidazole rings is 1. The molecule has 1 aliphatic rings. The first-order chi connectivity index (χ1) is 13.8. The summed E-state index contributed by atoms with van der Waals surface area (Å²) in [7, 11) is 1.81. The average molecular weight is 407 g/mol. The smallest absolute Gasteiger partial charge is 0.407 e. The molecule has 0 radical (unpaired) electrons. The lowest BCUT2D eigenvalue weighted by Crippen LogP contribution is -2.48. The predicted octanol–water partition coefficient (Wildman–Crippen LogP) is 2.97. The number of ether oxygens (including phenoxy) is 1. The molecule has 1 saturated carbocycles. The van der Waals surface area contributed by atoms with E-state index in [1.807, 2.05) is 40.1 Å². The molecule has 0 spiro atoms. The Kier molecular flexibility index (Phi) is 8.79. The molecule has 0 atom stereocenters. The van der Waals surface area contributed by atoms with Crippen LogP contribution < -0.4 is 16.0 Å². The maximum Gasteiger partial charge on any atom is 0.407 e. The number of hydrogen-bond acceptors (Lipinski definition) is 4. The highest BCUT2D eigenvalue weighted by molar-refractivity contribution is 5.79. The molecule has 1 aliphatic carbocycles. The molecule has 1 heterocycles. The fraction of sp³-hybridized carbons (Fsp3) is 0.762. The zero-order valence-electron chi connectivity index (χ0n) is 18.6. The fourth-order valence-electron chi connectivity index (χ4n) is 3.50. The Morgan fingerprint density at radius 1 is 1.21 bits per heavy atom. The molecule has 3 N–H and O–H groups in total. The first-order valence-electron chi connectivity index (χ1n) is 10.7. The van der Waals surface area contributed by atoms with Crippen LogP contribution in [0.25, 0.3) is 0 Å². The maximum atomic E-state index is 11.9. The molecule has 0 aromatic carbocycles. The van der Waals surface area contributed by atoms with Crippen LogP contribution in [-0.4, -0.2) is 52.9 Å². The monoisotopic (exact) mass is 406 g/mol. The topological polar surface area (TPSA) is 92.6 Å². The highest BCUT2D eigenvalue weighted by Crippen LogP contribution is 2.19. The van der Waals surface area contributed by atoms with Gasteiger partial charge in [0.25, 0.3) is 0 Å². The van der Waals surface area contributed by atoms with Crippen molar-refractivity contribution < 1.29 is 9.53 Å². The van der Waals surface area contributed by atoms with Gasteiger partial charge in [-0.3, -0.25) is 4.99 Å². The van der Waals surface area contributed by atoms with Crippen LogP contribution in [0.2, 0.25) is 0 Å². The van der Waals surface area contributed by atoms with E-state index in [9.17, 15) is 4.79 Å². The third kappa shape index (κ3) is 8.75. The van der Waals surface area contributed by atoms with Gasteiger partial charge in [0, 0.05) is 44.6 Å². The minimum Gasteiger partial charge on any atom is -0.444 e. The summed E-state index contributed by atoms with van der Waals surface area (Å²) in [6, 6.07) is 0.566. The van der Waals surface area contributed by atoms with Gasteiger partial charge < -0.3 is 25.3 Å². The summed E-state index contributed by atoms with van der Waals surface area (Å²) in [5.41, 5.74) is -0.460. The number of nitrogens with one attached hydrogen (secondary N) is 3. The van der Waals surface area contributed by atoms with E-state index in [0.717, 1.165) is 63.4 Å². The molecule has 0 unspecified atom stereocenters. The number of alkyl carbamates (subject to hydrolysis) is 1. The van der Waals surface area contributed by atoms with E-state index in [1.165, 1.54) is 0 Å². The Bertz CT molecular complexity index is 656. The van der Waals surface area contributed by atoms with Crippen molar-refractivity contribution in [1.82, 2.24) is 25.5 Å². The number of carbonyl (C=O) groups excluding carboxylic acids is 1. The van der Waals surface area contributed by atoms with Crippen LogP contribution in [0.5, 0.6) is 0 Å². The molecule has 1 aromatic heterocycles. The van der Waals surface area contributed by atoms with Crippen molar-refractivity contribution in [2.75, 3.05) is 13.6 Å². The van der Waals surface area contributed by atoms with Crippen LogP contribution in [0.15, 0.2) is 17.4 Å². The Hall–Kier alpha value is -2.25. The summed E-state index contributed by atoms with van der Waals surface area (Å²) in [5, 5.41) is 9.90. The largest absolute Gasteiger partial charge is 0.444 e. The first-order valence-corrected chi connectivity index (χ1v) is 10.7. The molecule has 164 valence electrons. The molecule has 0 saturated heterocycles. The van der Waals surface area contributed by atoms with Crippen LogP contribution in [0.1, 0.15) is 65.1 Å². The molecule has 1 amide bonds. The number of carbonyl (C=O) groups is 1. The number of amides is 1. The van der Waals surface area contributed by atoms with E-state index in [0.29, 0.717) is 6.04 Å². The lowest BCUT2D eigenvalue weighted by Gasteiger charge is -2.31. The highest BCUT2D eigenvalue weighted by atomic mass is 16.6. The van der Waals surface area contributed by atoms with Crippen molar-refractivity contribution in [3.63, 3.8) is 0 Å². The summed E-state index contributed by atoms with van der Waals surface area (Å²) in [4.78, 5) is 20.5. The first kappa shape index (κ1) is 23.0. The number of nitrogens with zero attached hydrogens (tertiary/aromatic N) is 3. The third-order valence-corrected chi connectivity index (χ3v) is 5.05. The van der Waals surface area contributed by atoms with Crippen molar-refractivity contribution in [1.29, 1.82) is 0 Å². The highest BCUT2D eigenvalue weighted by Gasteiger charge is 2.25. The van der Waals surface area contributed by atoms with E-state index in [2.05, 4.69) is 30.5 Å². The lowest BCUT2D eigenvalue weighted by molar-refractivity contribution is 0.0490. The van der Waals surface area contributed by atoms with Crippen LogP contribution in [-0.2, 0) is 11.3 Å². The second-order valence-electron chi connectivity index (χ2n) is 8.71. The van der Waals surface area contributed by atoms with E-state index in [1.54, 1.807) is 7.05 Å². The molecule has 8 nitrogen and oxygen atoms in total. The number of rotatable bonds is 7. The molecule has 2 rings (SSSR count). The van der Waals surface area contributed by atoms with Crippen molar-refractivity contribution in [3.8, 4) is 0 Å². The van der Waals surface area contributed by atoms with E-state index in [-0.39, 0.29) is 12.1 Å². The SMILES string of the molecule is CN=C(NCCCCn1ccnc1C)NC1CCC(NC(=O)OC(C)(C)C)CC1. The Labute approximate surface area is 174 Å². The van der Waals surface area contributed by atoms with Gasteiger partial charge in [-0.1, -0.05) is 0 Å². The van der Waals surface area contributed by atoms with E-state index >= 15 is 0 Å². The molecule has 1 aromatic rings. The van der Waals surface area contributed by atoms with Gasteiger partial charge in [0.15, 0.2) is 5.96 Å². The van der Waals surface area contributed by atoms with Crippen LogP contribution in [0.4, 0.5) is 4.79 Å². The maximum absolute atomic E-state index is 11.9. The standard InChI is InChI=1S/C21H38N6O2/c1-16-23-13-15-27(16)14-7-6-12-24-19(22-5)25-17-8-10-18(11-9-17)26-20(28)29-21(2,3)4/h13,15,17-18H,6-12,14H2,1-5H3,(H,26,28)(H2,22,24,25). The van der Waals surface area contributed by atoms with Gasteiger partial charge in [0.2, 0.25) is 0 Å². The second kappa shape index (κ2) is 11.1. The Balaban J connectivity index is 1.60. The summed E-state index contributed by atoms with van der Waals surface area (Å²) < 4.78 is 7.52. The molecular weight excluding hydrogens is 368 g/mol. The van der Waals surface area contributed by atoms with E-state index < -0.39 is 5.60 Å². The number of hydrogen-bond donors (Lipinski definition) is 3. The van der Waals surface area contributed by atoms with Crippen molar-refractivity contribution in [2.24, 2.45) is 4.99 Å². The molecule has 0 aliphatic heterocycles. The average Bonchev–Trinajstić information content (AvgIpc) is 3.05. The van der Waals surface area contributed by atoms with Gasteiger partial charge in [-0.25, -0.2) is 9.78 Å². The van der Waals surface area contributed by atoms with Crippen molar-refractivity contribution in [3.05, 3.63) is 18.2 Å². The predicted molar refractivity (Wildman–Crippen MR) is 116 cm³/mol. The minimum atomic E-state index is -0.460. The van der Waals surface area contributed by atoms with Crippen molar-refractivity contribution in [2.45, 2.75) is 90.4 Å². The Morgan fingerprint density at radius 3 is 2.41 bits per heavy atom. The minimum absolute atomic E-state index is 0.185. The third-order valence-electron chi connectivity index (χ3n) is 5.05. The number of guanidine groups is 1. The lowest BCUT2D eigenvalue weighted by atomic mass is 9.91. The number of aromatic nitrogens is 2. The van der Waals surface area contributed by atoms with Crippen LogP contribution in [0, 0.1) is 6.92 Å². The second-order valence-corrected chi connectivity index (χ2v) is 8.71. The number of aliphatic imine (C=N–C) groups is 1. The Morgan fingerprint density at radius 2 is 1.86 bits per heavy atom. The summed E-state index contributed by atoms with van der Waals surface area (Å²) in [6.45, 7) is 9.55. The number of unbranched alkanes of at least 4 members (excludes halogenated alkanes) is 1. The zero-order chi connectivity index (χ0) is 21.3. The molecular formula is C21H38N6O2. The van der Waals surface area contributed by atoms with Gasteiger partial charge in [0.05, 0.1) is 0 Å².